The van der Waals surface area contributed by atoms with E-state index in [0.717, 1.165) is 51.8 Å². The molecular formula is C15H22F3N3. The first kappa shape index (κ1) is 16.3. The molecule has 1 aromatic rings. The summed E-state index contributed by atoms with van der Waals surface area (Å²) >= 11 is 0. The van der Waals surface area contributed by atoms with E-state index in [2.05, 4.69) is 22.2 Å². The third kappa shape index (κ3) is 4.98. The average Bonchev–Trinajstić information content (AvgIpc) is 2.46. The van der Waals surface area contributed by atoms with E-state index in [9.17, 15) is 13.2 Å². The molecule has 1 N–H and O–H groups in total. The summed E-state index contributed by atoms with van der Waals surface area (Å²) in [7, 11) is 2.12. The fraction of sp³-hybridized carbons (Fsp3) is 0.600. The van der Waals surface area contributed by atoms with Gasteiger partial charge in [-0.2, -0.15) is 0 Å². The van der Waals surface area contributed by atoms with Crippen LogP contribution in [0.15, 0.2) is 12.1 Å². The van der Waals surface area contributed by atoms with Crippen molar-refractivity contribution in [3.63, 3.8) is 0 Å². The van der Waals surface area contributed by atoms with E-state index in [1.54, 1.807) is 0 Å². The first-order valence-corrected chi connectivity index (χ1v) is 7.31. The molecule has 0 spiro atoms. The Labute approximate surface area is 123 Å². The molecule has 0 aliphatic carbocycles. The lowest BCUT2D eigenvalue weighted by atomic mass is 10.2. The topological polar surface area (TPSA) is 18.5 Å². The fourth-order valence-corrected chi connectivity index (χ4v) is 2.42. The number of benzene rings is 1. The van der Waals surface area contributed by atoms with Gasteiger partial charge in [0.15, 0.2) is 11.6 Å². The molecule has 21 heavy (non-hydrogen) atoms. The lowest BCUT2D eigenvalue weighted by Crippen LogP contribution is -2.45. The Kier molecular flexibility index (Phi) is 6.02. The maximum atomic E-state index is 13.4. The molecule has 1 aromatic carbocycles. The summed E-state index contributed by atoms with van der Waals surface area (Å²) in [5.41, 5.74) is 0.161. The van der Waals surface area contributed by atoms with Gasteiger partial charge in [-0.3, -0.25) is 0 Å². The van der Waals surface area contributed by atoms with Crippen molar-refractivity contribution in [3.05, 3.63) is 35.1 Å². The molecule has 0 bridgehead atoms. The largest absolute Gasteiger partial charge is 0.313 e. The molecule has 0 saturated carbocycles. The number of nitrogens with one attached hydrogen (secondary N) is 1. The molecule has 1 fully saturated rings. The molecule has 6 heteroatoms. The second kappa shape index (κ2) is 7.77. The molecule has 0 amide bonds. The third-order valence-electron chi connectivity index (χ3n) is 3.83. The molecule has 2 rings (SSSR count). The Hall–Kier alpha value is -1.11. The van der Waals surface area contributed by atoms with Crippen molar-refractivity contribution >= 4 is 0 Å². The molecule has 1 saturated heterocycles. The summed E-state index contributed by atoms with van der Waals surface area (Å²) < 4.78 is 39.2. The van der Waals surface area contributed by atoms with Crippen LogP contribution >= 0.6 is 0 Å². The van der Waals surface area contributed by atoms with E-state index in [1.165, 1.54) is 0 Å². The number of rotatable bonds is 6. The second-order valence-corrected chi connectivity index (χ2v) is 5.53. The maximum Gasteiger partial charge on any atom is 0.161 e. The molecule has 0 unspecified atom stereocenters. The maximum absolute atomic E-state index is 13.4. The van der Waals surface area contributed by atoms with Crippen LogP contribution in [0.2, 0.25) is 0 Å². The van der Waals surface area contributed by atoms with E-state index in [-0.39, 0.29) is 12.1 Å². The predicted molar refractivity (Wildman–Crippen MR) is 76.6 cm³/mol. The monoisotopic (exact) mass is 301 g/mol. The van der Waals surface area contributed by atoms with Gasteiger partial charge in [0.1, 0.15) is 5.82 Å². The lowest BCUT2D eigenvalue weighted by molar-refractivity contribution is 0.152. The quantitative estimate of drug-likeness (QED) is 0.639. The van der Waals surface area contributed by atoms with Gasteiger partial charge in [0, 0.05) is 44.4 Å². The van der Waals surface area contributed by atoms with E-state index < -0.39 is 17.5 Å². The SMILES string of the molecule is CN1CCN(CCCNCc2cc(F)c(F)cc2F)CC1. The highest BCUT2D eigenvalue weighted by Gasteiger charge is 2.13. The van der Waals surface area contributed by atoms with Gasteiger partial charge in [-0.1, -0.05) is 0 Å². The van der Waals surface area contributed by atoms with Crippen LogP contribution in [0.3, 0.4) is 0 Å². The molecule has 1 heterocycles. The van der Waals surface area contributed by atoms with Crippen LogP contribution < -0.4 is 5.32 Å². The summed E-state index contributed by atoms with van der Waals surface area (Å²) in [5.74, 6) is -2.86. The van der Waals surface area contributed by atoms with Gasteiger partial charge >= 0.3 is 0 Å². The molecule has 1 aliphatic rings. The fourth-order valence-electron chi connectivity index (χ4n) is 2.42. The van der Waals surface area contributed by atoms with Gasteiger partial charge in [-0.15, -0.1) is 0 Å². The number of halogens is 3. The van der Waals surface area contributed by atoms with Crippen molar-refractivity contribution < 1.29 is 13.2 Å². The first-order chi connectivity index (χ1) is 10.1. The van der Waals surface area contributed by atoms with Crippen LogP contribution in [0, 0.1) is 17.5 Å². The minimum atomic E-state index is -1.15. The zero-order valence-corrected chi connectivity index (χ0v) is 12.3. The standard InChI is InChI=1S/C15H22F3N3/c1-20-5-7-21(8-6-20)4-2-3-19-11-12-9-14(17)15(18)10-13(12)16/h9-10,19H,2-8,11H2,1H3. The Morgan fingerprint density at radius 1 is 1.00 bits per heavy atom. The first-order valence-electron chi connectivity index (χ1n) is 7.31. The molecule has 0 radical (unpaired) electrons. The number of hydrogen-bond donors (Lipinski definition) is 1. The van der Waals surface area contributed by atoms with E-state index in [4.69, 9.17) is 0 Å². The summed E-state index contributed by atoms with van der Waals surface area (Å²) in [6.45, 7) is 6.28. The smallest absolute Gasteiger partial charge is 0.161 e. The molecule has 3 nitrogen and oxygen atoms in total. The molecule has 1 aliphatic heterocycles. The van der Waals surface area contributed by atoms with Crippen molar-refractivity contribution in [3.8, 4) is 0 Å². The van der Waals surface area contributed by atoms with Crippen LogP contribution in [0.4, 0.5) is 13.2 Å². The Morgan fingerprint density at radius 3 is 2.38 bits per heavy atom. The van der Waals surface area contributed by atoms with Gasteiger partial charge in [0.05, 0.1) is 0 Å². The summed E-state index contributed by atoms with van der Waals surface area (Å²) in [4.78, 5) is 4.71. The summed E-state index contributed by atoms with van der Waals surface area (Å²) in [6, 6.07) is 1.51. The van der Waals surface area contributed by atoms with Gasteiger partial charge in [-0.05, 0) is 32.6 Å². The minimum Gasteiger partial charge on any atom is -0.313 e. The number of likely N-dealkylation sites (N-methyl/N-ethyl adjacent to an activating group) is 1. The zero-order valence-electron chi connectivity index (χ0n) is 12.3. The van der Waals surface area contributed by atoms with Gasteiger partial charge < -0.3 is 15.1 Å². The van der Waals surface area contributed by atoms with Gasteiger partial charge in [-0.25, -0.2) is 13.2 Å². The number of nitrogens with zero attached hydrogens (tertiary/aromatic N) is 2. The Morgan fingerprint density at radius 2 is 1.67 bits per heavy atom. The third-order valence-corrected chi connectivity index (χ3v) is 3.83. The van der Waals surface area contributed by atoms with Crippen molar-refractivity contribution in [2.75, 3.05) is 46.3 Å². The number of piperazine rings is 1. The van der Waals surface area contributed by atoms with E-state index >= 15 is 0 Å². The van der Waals surface area contributed by atoms with Crippen molar-refractivity contribution in [2.24, 2.45) is 0 Å². The van der Waals surface area contributed by atoms with Crippen molar-refractivity contribution in [1.82, 2.24) is 15.1 Å². The second-order valence-electron chi connectivity index (χ2n) is 5.53. The zero-order chi connectivity index (χ0) is 15.2. The minimum absolute atomic E-state index is 0.161. The van der Waals surface area contributed by atoms with Crippen LogP contribution in [-0.2, 0) is 6.54 Å². The average molecular weight is 301 g/mol. The molecule has 0 atom stereocenters. The van der Waals surface area contributed by atoms with Crippen LogP contribution in [0.5, 0.6) is 0 Å². The molecular weight excluding hydrogens is 279 g/mol. The molecule has 118 valence electrons. The van der Waals surface area contributed by atoms with E-state index in [0.29, 0.717) is 6.07 Å². The van der Waals surface area contributed by atoms with E-state index in [1.807, 2.05) is 0 Å². The summed E-state index contributed by atoms with van der Waals surface area (Å²) in [5, 5.41) is 3.07. The van der Waals surface area contributed by atoms with Crippen LogP contribution in [0.25, 0.3) is 0 Å². The normalized spacial score (nSPS) is 17.3. The van der Waals surface area contributed by atoms with Crippen molar-refractivity contribution in [1.29, 1.82) is 0 Å². The lowest BCUT2D eigenvalue weighted by Gasteiger charge is -2.32. The Balaban J connectivity index is 1.65. The van der Waals surface area contributed by atoms with Crippen LogP contribution in [-0.4, -0.2) is 56.1 Å². The highest BCUT2D eigenvalue weighted by molar-refractivity contribution is 5.19. The van der Waals surface area contributed by atoms with Crippen LogP contribution in [0.1, 0.15) is 12.0 Å². The Bertz CT molecular complexity index is 460. The van der Waals surface area contributed by atoms with Crippen molar-refractivity contribution in [2.45, 2.75) is 13.0 Å². The highest BCUT2D eigenvalue weighted by Crippen LogP contribution is 2.13. The number of hydrogen-bond acceptors (Lipinski definition) is 3. The highest BCUT2D eigenvalue weighted by atomic mass is 19.2. The summed E-state index contributed by atoms with van der Waals surface area (Å²) in [6.07, 6.45) is 0.953. The molecule has 0 aromatic heterocycles. The van der Waals surface area contributed by atoms with Gasteiger partial charge in [0.25, 0.3) is 0 Å². The van der Waals surface area contributed by atoms with Gasteiger partial charge in [0.2, 0.25) is 0 Å². The predicted octanol–water partition coefficient (Wildman–Crippen LogP) is 1.83.